The highest BCUT2D eigenvalue weighted by Gasteiger charge is 2.28. The van der Waals surface area contributed by atoms with Crippen molar-refractivity contribution in [1.82, 2.24) is 4.90 Å². The zero-order valence-corrected chi connectivity index (χ0v) is 11.8. The first-order valence-electron chi connectivity index (χ1n) is 6.92. The highest BCUT2D eigenvalue weighted by atomic mass is 16.5. The molecule has 1 aliphatic rings. The van der Waals surface area contributed by atoms with E-state index in [0.29, 0.717) is 6.04 Å². The molecule has 0 bridgehead atoms. The molecule has 0 atom stereocenters. The van der Waals surface area contributed by atoms with Crippen LogP contribution in [0.5, 0.6) is 0 Å². The zero-order valence-electron chi connectivity index (χ0n) is 11.8. The van der Waals surface area contributed by atoms with Gasteiger partial charge in [0, 0.05) is 32.3 Å². The highest BCUT2D eigenvalue weighted by Crippen LogP contribution is 2.28. The number of carbonyl (C=O) groups is 1. The third kappa shape index (κ3) is 4.47. The number of rotatable bonds is 8. The molecule has 20 heavy (non-hydrogen) atoms. The van der Waals surface area contributed by atoms with Crippen LogP contribution in [0.1, 0.15) is 24.0 Å². The van der Waals surface area contributed by atoms with Crippen molar-refractivity contribution in [3.05, 3.63) is 41.5 Å². The van der Waals surface area contributed by atoms with Gasteiger partial charge in [0.15, 0.2) is 0 Å². The summed E-state index contributed by atoms with van der Waals surface area (Å²) in [6, 6.07) is 8.60. The number of methoxy groups -OCH3 is 1. The van der Waals surface area contributed by atoms with Gasteiger partial charge in [-0.3, -0.25) is 4.90 Å². The standard InChI is InChI=1S/C16H21NO3/c1-20-11-10-17(15-7-8-15)12-14-5-3-2-4-13(14)6-9-16(18)19/h2-6,9,15H,7-8,10-12H2,1H3,(H,18,19). The van der Waals surface area contributed by atoms with Gasteiger partial charge < -0.3 is 9.84 Å². The summed E-state index contributed by atoms with van der Waals surface area (Å²) in [5.74, 6) is -0.918. The van der Waals surface area contributed by atoms with Gasteiger partial charge in [0.1, 0.15) is 0 Å². The predicted octanol–water partition coefficient (Wildman–Crippen LogP) is 2.40. The molecule has 0 aliphatic heterocycles. The van der Waals surface area contributed by atoms with Gasteiger partial charge in [-0.1, -0.05) is 24.3 Å². The first-order chi connectivity index (χ1) is 9.70. The number of ether oxygens (including phenoxy) is 1. The number of benzene rings is 1. The van der Waals surface area contributed by atoms with E-state index in [1.165, 1.54) is 18.9 Å². The maximum Gasteiger partial charge on any atom is 0.328 e. The molecule has 1 aromatic carbocycles. The Morgan fingerprint density at radius 1 is 1.45 bits per heavy atom. The summed E-state index contributed by atoms with van der Waals surface area (Å²) >= 11 is 0. The Labute approximate surface area is 119 Å². The molecule has 0 aromatic heterocycles. The van der Waals surface area contributed by atoms with Crippen LogP contribution in [0, 0.1) is 0 Å². The normalized spacial score (nSPS) is 15.1. The quantitative estimate of drug-likeness (QED) is 0.740. The Bertz CT molecular complexity index is 480. The SMILES string of the molecule is COCCN(Cc1ccccc1C=CC(=O)O)C1CC1. The largest absolute Gasteiger partial charge is 0.478 e. The molecule has 1 fully saturated rings. The second-order valence-corrected chi connectivity index (χ2v) is 5.06. The Balaban J connectivity index is 2.08. The van der Waals surface area contributed by atoms with Gasteiger partial charge in [-0.25, -0.2) is 4.79 Å². The van der Waals surface area contributed by atoms with Crippen molar-refractivity contribution < 1.29 is 14.6 Å². The molecule has 2 rings (SSSR count). The fourth-order valence-electron chi connectivity index (χ4n) is 2.26. The number of nitrogens with zero attached hydrogens (tertiary/aromatic N) is 1. The lowest BCUT2D eigenvalue weighted by Gasteiger charge is -2.22. The number of carboxylic acids is 1. The Morgan fingerprint density at radius 2 is 2.20 bits per heavy atom. The lowest BCUT2D eigenvalue weighted by molar-refractivity contribution is -0.131. The van der Waals surface area contributed by atoms with Crippen molar-refractivity contribution in [3.63, 3.8) is 0 Å². The Morgan fingerprint density at radius 3 is 2.85 bits per heavy atom. The van der Waals surface area contributed by atoms with Crippen molar-refractivity contribution in [2.45, 2.75) is 25.4 Å². The van der Waals surface area contributed by atoms with Gasteiger partial charge in [0.2, 0.25) is 0 Å². The monoisotopic (exact) mass is 275 g/mol. The van der Waals surface area contributed by atoms with E-state index in [4.69, 9.17) is 9.84 Å². The van der Waals surface area contributed by atoms with Crippen molar-refractivity contribution in [2.24, 2.45) is 0 Å². The number of hydrogen-bond acceptors (Lipinski definition) is 3. The van der Waals surface area contributed by atoms with E-state index < -0.39 is 5.97 Å². The average molecular weight is 275 g/mol. The highest BCUT2D eigenvalue weighted by molar-refractivity contribution is 5.85. The maximum atomic E-state index is 10.7. The average Bonchev–Trinajstić information content (AvgIpc) is 3.26. The molecule has 4 nitrogen and oxygen atoms in total. The third-order valence-corrected chi connectivity index (χ3v) is 3.48. The fourth-order valence-corrected chi connectivity index (χ4v) is 2.26. The van der Waals surface area contributed by atoms with Crippen LogP contribution in [0.25, 0.3) is 6.08 Å². The van der Waals surface area contributed by atoms with E-state index in [0.717, 1.165) is 30.8 Å². The molecule has 4 heteroatoms. The molecule has 0 unspecified atom stereocenters. The summed E-state index contributed by atoms with van der Waals surface area (Å²) in [5, 5.41) is 8.75. The zero-order chi connectivity index (χ0) is 14.4. The van der Waals surface area contributed by atoms with Crippen LogP contribution in [-0.4, -0.2) is 42.3 Å². The minimum absolute atomic E-state index is 0.654. The molecule has 0 spiro atoms. The van der Waals surface area contributed by atoms with Crippen molar-refractivity contribution in [2.75, 3.05) is 20.3 Å². The number of hydrogen-bond donors (Lipinski definition) is 1. The number of carboxylic acid groups (broad SMARTS) is 1. The molecule has 0 amide bonds. The predicted molar refractivity (Wildman–Crippen MR) is 78.4 cm³/mol. The molecule has 0 saturated heterocycles. The smallest absolute Gasteiger partial charge is 0.328 e. The van der Waals surface area contributed by atoms with Crippen molar-refractivity contribution >= 4 is 12.0 Å². The summed E-state index contributed by atoms with van der Waals surface area (Å²) in [6.45, 7) is 2.48. The van der Waals surface area contributed by atoms with Gasteiger partial charge in [0.05, 0.1) is 6.61 Å². The lowest BCUT2D eigenvalue weighted by atomic mass is 10.1. The molecular weight excluding hydrogens is 254 g/mol. The first kappa shape index (κ1) is 14.8. The maximum absolute atomic E-state index is 10.7. The van der Waals surface area contributed by atoms with Gasteiger partial charge >= 0.3 is 5.97 Å². The van der Waals surface area contributed by atoms with E-state index in [1.54, 1.807) is 13.2 Å². The van der Waals surface area contributed by atoms with Crippen LogP contribution >= 0.6 is 0 Å². The van der Waals surface area contributed by atoms with Gasteiger partial charge in [-0.2, -0.15) is 0 Å². The summed E-state index contributed by atoms with van der Waals surface area (Å²) in [4.78, 5) is 13.1. The van der Waals surface area contributed by atoms with Crippen molar-refractivity contribution in [3.8, 4) is 0 Å². The molecule has 108 valence electrons. The second kappa shape index (κ2) is 7.22. The van der Waals surface area contributed by atoms with Crippen LogP contribution in [0.3, 0.4) is 0 Å². The summed E-state index contributed by atoms with van der Waals surface area (Å²) in [6.07, 6.45) is 5.35. The van der Waals surface area contributed by atoms with Crippen molar-refractivity contribution in [1.29, 1.82) is 0 Å². The fraction of sp³-hybridized carbons (Fsp3) is 0.438. The van der Waals surface area contributed by atoms with E-state index >= 15 is 0 Å². The van der Waals surface area contributed by atoms with Gasteiger partial charge in [-0.05, 0) is 30.0 Å². The molecule has 1 saturated carbocycles. The molecule has 1 aromatic rings. The van der Waals surface area contributed by atoms with Gasteiger partial charge in [-0.15, -0.1) is 0 Å². The third-order valence-electron chi connectivity index (χ3n) is 3.48. The molecule has 0 heterocycles. The molecule has 1 aliphatic carbocycles. The van der Waals surface area contributed by atoms with E-state index in [-0.39, 0.29) is 0 Å². The van der Waals surface area contributed by atoms with Crippen LogP contribution in [0.4, 0.5) is 0 Å². The van der Waals surface area contributed by atoms with E-state index in [9.17, 15) is 4.79 Å². The van der Waals surface area contributed by atoms with Gasteiger partial charge in [0.25, 0.3) is 0 Å². The summed E-state index contributed by atoms with van der Waals surface area (Å²) < 4.78 is 5.16. The molecule has 1 N–H and O–H groups in total. The van der Waals surface area contributed by atoms with Crippen LogP contribution < -0.4 is 0 Å². The summed E-state index contributed by atoms with van der Waals surface area (Å²) in [5.41, 5.74) is 2.13. The van der Waals surface area contributed by atoms with Crippen LogP contribution in [0.2, 0.25) is 0 Å². The van der Waals surface area contributed by atoms with Crippen LogP contribution in [-0.2, 0) is 16.1 Å². The molecule has 0 radical (unpaired) electrons. The Kier molecular flexibility index (Phi) is 5.32. The first-order valence-corrected chi connectivity index (χ1v) is 6.92. The van der Waals surface area contributed by atoms with E-state index in [1.807, 2.05) is 18.2 Å². The summed E-state index contributed by atoms with van der Waals surface area (Å²) in [7, 11) is 1.72. The second-order valence-electron chi connectivity index (χ2n) is 5.06. The minimum atomic E-state index is -0.918. The topological polar surface area (TPSA) is 49.8 Å². The lowest BCUT2D eigenvalue weighted by Crippen LogP contribution is -2.29. The minimum Gasteiger partial charge on any atom is -0.478 e. The Hall–Kier alpha value is -1.65. The van der Waals surface area contributed by atoms with E-state index in [2.05, 4.69) is 11.0 Å². The molecular formula is C16H21NO3. The number of aliphatic carboxylic acids is 1. The van der Waals surface area contributed by atoms with Crippen LogP contribution in [0.15, 0.2) is 30.3 Å².